The van der Waals surface area contributed by atoms with Crippen LogP contribution >= 0.6 is 0 Å². The van der Waals surface area contributed by atoms with Crippen LogP contribution in [-0.2, 0) is 19.6 Å². The van der Waals surface area contributed by atoms with Crippen molar-refractivity contribution >= 4 is 39.6 Å². The second kappa shape index (κ2) is 14.6. The Bertz CT molecular complexity index is 1450. The van der Waals surface area contributed by atoms with Gasteiger partial charge in [0.2, 0.25) is 10.0 Å². The molecule has 0 radical (unpaired) electrons. The summed E-state index contributed by atoms with van der Waals surface area (Å²) >= 11 is 0. The van der Waals surface area contributed by atoms with Gasteiger partial charge in [-0.2, -0.15) is 26.3 Å². The first kappa shape index (κ1) is 38.4. The lowest BCUT2D eigenvalue weighted by atomic mass is 9.89. The molecule has 2 heterocycles. The average molecular weight is 693 g/mol. The van der Waals surface area contributed by atoms with Gasteiger partial charge in [0, 0.05) is 44.1 Å². The predicted octanol–water partition coefficient (Wildman–Crippen LogP) is 7.27. The second-order valence-corrected chi connectivity index (χ2v) is 15.1. The molecule has 0 saturated carbocycles. The third-order valence-corrected chi connectivity index (χ3v) is 9.86. The van der Waals surface area contributed by atoms with Crippen molar-refractivity contribution in [1.29, 1.82) is 0 Å². The summed E-state index contributed by atoms with van der Waals surface area (Å²) in [5, 5.41) is 3.91. The van der Waals surface area contributed by atoms with Gasteiger partial charge in [0.15, 0.2) is 0 Å². The minimum absolute atomic E-state index is 0.0943. The van der Waals surface area contributed by atoms with Crippen molar-refractivity contribution in [2.45, 2.75) is 116 Å². The van der Waals surface area contributed by atoms with E-state index in [0.717, 1.165) is 16.5 Å². The van der Waals surface area contributed by atoms with Gasteiger partial charge in [-0.05, 0) is 95.2 Å². The molecule has 2 amide bonds. The van der Waals surface area contributed by atoms with Gasteiger partial charge in [-0.1, -0.05) is 19.3 Å². The fraction of sp³-hybridized carbons (Fsp3) is 0.656. The van der Waals surface area contributed by atoms with Crippen LogP contribution in [-0.4, -0.2) is 73.9 Å². The highest BCUT2D eigenvalue weighted by atomic mass is 32.2. The molecule has 1 fully saturated rings. The van der Waals surface area contributed by atoms with Crippen LogP contribution in [0.25, 0.3) is 6.08 Å². The number of unbranched alkanes of at least 4 members (excludes halogenated alkanes) is 4. The molecule has 0 atom stereocenters. The molecule has 1 spiro atoms. The van der Waals surface area contributed by atoms with Crippen LogP contribution in [0.1, 0.15) is 95.2 Å². The number of hydrogen-bond donors (Lipinski definition) is 1. The first-order valence-corrected chi connectivity index (χ1v) is 17.2. The van der Waals surface area contributed by atoms with E-state index in [-0.39, 0.29) is 44.7 Å². The van der Waals surface area contributed by atoms with E-state index in [0.29, 0.717) is 42.8 Å². The first-order valence-electron chi connectivity index (χ1n) is 15.7. The minimum Gasteiger partial charge on any atom is -0.443 e. The molecular formula is C32H45F5N4O5S. The highest BCUT2D eigenvalue weighted by Crippen LogP contribution is 2.39. The van der Waals surface area contributed by atoms with Crippen molar-refractivity contribution in [1.82, 2.24) is 9.62 Å². The van der Waals surface area contributed by atoms with Crippen molar-refractivity contribution in [2.24, 2.45) is 4.99 Å². The van der Waals surface area contributed by atoms with E-state index < -0.39 is 45.8 Å². The van der Waals surface area contributed by atoms with Gasteiger partial charge in [0.1, 0.15) is 17.0 Å². The molecule has 2 aliphatic rings. The van der Waals surface area contributed by atoms with Gasteiger partial charge in [-0.25, -0.2) is 13.2 Å². The zero-order valence-corrected chi connectivity index (χ0v) is 28.6. The van der Waals surface area contributed by atoms with Crippen molar-refractivity contribution in [3.63, 3.8) is 0 Å². The van der Waals surface area contributed by atoms with E-state index in [1.807, 2.05) is 13.8 Å². The number of nitrogens with one attached hydrogen (secondary N) is 1. The normalized spacial score (nSPS) is 17.7. The van der Waals surface area contributed by atoms with Crippen molar-refractivity contribution in [3.05, 3.63) is 34.2 Å². The van der Waals surface area contributed by atoms with Crippen molar-refractivity contribution < 1.29 is 44.7 Å². The summed E-state index contributed by atoms with van der Waals surface area (Å²) in [6, 6.07) is 3.56. The molecule has 1 aromatic rings. The quantitative estimate of drug-likeness (QED) is 0.183. The number of ether oxygens (including phenoxy) is 1. The lowest BCUT2D eigenvalue weighted by molar-refractivity contribution is -0.284. The Morgan fingerprint density at radius 2 is 1.57 bits per heavy atom. The zero-order chi connectivity index (χ0) is 35.4. The Balaban J connectivity index is 1.52. The smallest absolute Gasteiger partial charge is 0.443 e. The number of piperidine rings is 1. The summed E-state index contributed by atoms with van der Waals surface area (Å²) in [4.78, 5) is 31.3. The Morgan fingerprint density at radius 3 is 2.13 bits per heavy atom. The molecule has 47 heavy (non-hydrogen) atoms. The summed E-state index contributed by atoms with van der Waals surface area (Å²) in [7, 11) is -2.21. The topological polar surface area (TPSA) is 108 Å². The summed E-state index contributed by atoms with van der Waals surface area (Å²) in [5.74, 6) is -4.50. The molecule has 9 nitrogen and oxygen atoms in total. The number of sulfonamides is 1. The Kier molecular flexibility index (Phi) is 11.9. The number of aryl methyl sites for hydroxylation is 2. The second-order valence-electron chi connectivity index (χ2n) is 13.3. The SMILES string of the molecule is Cc1cc(N(C)C(=O)OC(C)(C)C)cc(C)c1C=CS(=O)(=O)N1CCC2(CC1)N=C(CCCCCCCC(F)(F)C(F)(F)F)NC2=O. The van der Waals surface area contributed by atoms with Crippen LogP contribution in [0.4, 0.5) is 32.4 Å². The molecule has 0 aromatic heterocycles. The molecule has 15 heteroatoms. The van der Waals surface area contributed by atoms with Crippen molar-refractivity contribution in [3.8, 4) is 0 Å². The number of amides is 2. The zero-order valence-electron chi connectivity index (χ0n) is 27.8. The number of alkyl halides is 5. The highest BCUT2D eigenvalue weighted by Gasteiger charge is 2.56. The molecule has 3 rings (SSSR count). The van der Waals surface area contributed by atoms with Crippen molar-refractivity contribution in [2.75, 3.05) is 25.0 Å². The third kappa shape index (κ3) is 9.97. The van der Waals surface area contributed by atoms with Gasteiger partial charge in [0.05, 0.1) is 0 Å². The fourth-order valence-electron chi connectivity index (χ4n) is 5.55. The Labute approximate surface area is 273 Å². The van der Waals surface area contributed by atoms with E-state index in [9.17, 15) is 40.0 Å². The maximum absolute atomic E-state index is 13.2. The maximum atomic E-state index is 13.2. The van der Waals surface area contributed by atoms with Gasteiger partial charge >= 0.3 is 18.2 Å². The number of carbonyl (C=O) groups is 2. The number of carbonyl (C=O) groups excluding carboxylic acids is 2. The molecule has 264 valence electrons. The average Bonchev–Trinajstić information content (AvgIpc) is 3.23. The van der Waals surface area contributed by atoms with E-state index in [1.165, 1.54) is 15.3 Å². The van der Waals surface area contributed by atoms with Crippen LogP contribution in [0.3, 0.4) is 0 Å². The summed E-state index contributed by atoms with van der Waals surface area (Å²) in [6.07, 6.45) is -3.28. The van der Waals surface area contributed by atoms with E-state index >= 15 is 0 Å². The molecule has 1 saturated heterocycles. The monoisotopic (exact) mass is 692 g/mol. The highest BCUT2D eigenvalue weighted by molar-refractivity contribution is 7.92. The number of rotatable bonds is 12. The molecule has 2 aliphatic heterocycles. The number of amidine groups is 1. The number of nitrogens with zero attached hydrogens (tertiary/aromatic N) is 3. The molecule has 1 N–H and O–H groups in total. The summed E-state index contributed by atoms with van der Waals surface area (Å²) in [5.41, 5.74) is 1.14. The van der Waals surface area contributed by atoms with E-state index in [1.54, 1.807) is 40.0 Å². The van der Waals surface area contributed by atoms with Crippen LogP contribution in [0.5, 0.6) is 0 Å². The third-order valence-electron chi connectivity index (χ3n) is 8.30. The largest absolute Gasteiger partial charge is 0.453 e. The number of anilines is 1. The number of benzene rings is 1. The van der Waals surface area contributed by atoms with Crippen LogP contribution in [0.15, 0.2) is 22.5 Å². The first-order chi connectivity index (χ1) is 21.6. The lowest BCUT2D eigenvalue weighted by Gasteiger charge is -2.34. The van der Waals surface area contributed by atoms with Gasteiger partial charge in [-0.3, -0.25) is 14.7 Å². The lowest BCUT2D eigenvalue weighted by Crippen LogP contribution is -2.50. The maximum Gasteiger partial charge on any atom is 0.453 e. The Hall–Kier alpha value is -3.07. The van der Waals surface area contributed by atoms with Crippen LogP contribution < -0.4 is 10.2 Å². The number of aliphatic imine (C=N–C) groups is 1. The molecule has 0 unspecified atom stereocenters. The molecule has 1 aromatic carbocycles. The summed E-state index contributed by atoms with van der Waals surface area (Å²) < 4.78 is 96.0. The summed E-state index contributed by atoms with van der Waals surface area (Å²) in [6.45, 7) is 9.17. The van der Waals surface area contributed by atoms with E-state index in [4.69, 9.17) is 4.74 Å². The molecule has 0 aliphatic carbocycles. The Morgan fingerprint density at radius 1 is 1.02 bits per heavy atom. The van der Waals surface area contributed by atoms with Crippen LogP contribution in [0, 0.1) is 13.8 Å². The van der Waals surface area contributed by atoms with Gasteiger partial charge in [0.25, 0.3) is 5.91 Å². The van der Waals surface area contributed by atoms with Crippen LogP contribution in [0.2, 0.25) is 0 Å². The fourth-order valence-corrected chi connectivity index (χ4v) is 6.72. The molecular weight excluding hydrogens is 647 g/mol. The molecule has 0 bridgehead atoms. The number of halogens is 5. The minimum atomic E-state index is -5.53. The van der Waals surface area contributed by atoms with Gasteiger partial charge < -0.3 is 10.1 Å². The standard InChI is InChI=1S/C32H45F5N4O5S/c1-22-20-24(40(6)28(43)46-29(3,4)5)21-23(2)25(22)13-19-47(44,45)41-17-15-30(16-18-41)27(42)38-26(39-30)12-10-8-7-9-11-14-31(33,34)32(35,36)37/h13,19-21H,7-12,14-18H2,1-6H3,(H,38,39,42). The number of hydrogen-bond acceptors (Lipinski definition) is 6. The predicted molar refractivity (Wildman–Crippen MR) is 171 cm³/mol. The van der Waals surface area contributed by atoms with Gasteiger partial charge in [-0.15, -0.1) is 0 Å². The van der Waals surface area contributed by atoms with E-state index in [2.05, 4.69) is 10.3 Å².